The van der Waals surface area contributed by atoms with E-state index in [0.29, 0.717) is 11.7 Å². The van der Waals surface area contributed by atoms with Gasteiger partial charge in [0.1, 0.15) is 0 Å². The summed E-state index contributed by atoms with van der Waals surface area (Å²) in [5.41, 5.74) is 0.737. The van der Waals surface area contributed by atoms with Crippen LogP contribution in [0.1, 0.15) is 22.2 Å². The second-order valence-electron chi connectivity index (χ2n) is 4.67. The molecule has 1 aliphatic rings. The second-order valence-corrected chi connectivity index (χ2v) is 5.74. The van der Waals surface area contributed by atoms with Crippen LogP contribution in [0.5, 0.6) is 0 Å². The molecule has 2 aromatic heterocycles. The van der Waals surface area contributed by atoms with Gasteiger partial charge >= 0.3 is 6.18 Å². The molecular formula is C11H12F3N5OS. The maximum Gasteiger partial charge on any atom is 0.451 e. The van der Waals surface area contributed by atoms with Crippen molar-refractivity contribution in [3.8, 4) is 0 Å². The fourth-order valence-corrected chi connectivity index (χ4v) is 3.17. The molecule has 3 heterocycles. The number of anilines is 1. The molecule has 0 aromatic carbocycles. The molecule has 21 heavy (non-hydrogen) atoms. The third-order valence-electron chi connectivity index (χ3n) is 3.30. The minimum atomic E-state index is -4.49. The summed E-state index contributed by atoms with van der Waals surface area (Å²) in [4.78, 5) is 6.94. The first-order chi connectivity index (χ1) is 9.90. The summed E-state index contributed by atoms with van der Waals surface area (Å²) >= 11 is 1.34. The number of thiazole rings is 1. The summed E-state index contributed by atoms with van der Waals surface area (Å²) in [6.07, 6.45) is -4.49. The Morgan fingerprint density at radius 2 is 2.05 bits per heavy atom. The van der Waals surface area contributed by atoms with Gasteiger partial charge in [-0.15, -0.1) is 10.2 Å². The van der Waals surface area contributed by atoms with E-state index in [1.807, 2.05) is 4.90 Å². The highest BCUT2D eigenvalue weighted by Crippen LogP contribution is 2.32. The molecule has 0 saturated carbocycles. The molecule has 0 saturated heterocycles. The first-order valence-corrected chi connectivity index (χ1v) is 7.03. The summed E-state index contributed by atoms with van der Waals surface area (Å²) in [5.74, 6) is -0.685. The Kier molecular flexibility index (Phi) is 3.36. The predicted octanol–water partition coefficient (Wildman–Crippen LogP) is 1.57. The molecule has 0 spiro atoms. The summed E-state index contributed by atoms with van der Waals surface area (Å²) in [5, 5.41) is 16.7. The van der Waals surface area contributed by atoms with Crippen LogP contribution in [0.4, 0.5) is 18.3 Å². The van der Waals surface area contributed by atoms with Crippen molar-refractivity contribution >= 4 is 16.5 Å². The van der Waals surface area contributed by atoms with Crippen LogP contribution in [0.25, 0.3) is 0 Å². The third kappa shape index (κ3) is 2.48. The molecule has 0 radical (unpaired) electrons. The normalized spacial score (nSPS) is 15.4. The van der Waals surface area contributed by atoms with E-state index in [0.717, 1.165) is 15.1 Å². The summed E-state index contributed by atoms with van der Waals surface area (Å²) in [6, 6.07) is 0. The number of aliphatic hydroxyl groups excluding tert-OH is 1. The highest BCUT2D eigenvalue weighted by atomic mass is 32.1. The van der Waals surface area contributed by atoms with Gasteiger partial charge in [-0.25, -0.2) is 4.98 Å². The third-order valence-corrected chi connectivity index (χ3v) is 4.51. The molecule has 0 fully saturated rings. The van der Waals surface area contributed by atoms with E-state index >= 15 is 0 Å². The first kappa shape index (κ1) is 14.3. The molecule has 10 heteroatoms. The number of alkyl halides is 3. The fourth-order valence-electron chi connectivity index (χ4n) is 2.23. The maximum atomic E-state index is 12.8. The lowest BCUT2D eigenvalue weighted by atomic mass is 10.3. The van der Waals surface area contributed by atoms with Crippen molar-refractivity contribution in [3.05, 3.63) is 22.2 Å². The van der Waals surface area contributed by atoms with Gasteiger partial charge < -0.3 is 14.6 Å². The Morgan fingerprint density at radius 1 is 1.29 bits per heavy atom. The van der Waals surface area contributed by atoms with Crippen molar-refractivity contribution in [3.63, 3.8) is 0 Å². The number of rotatable bonds is 2. The number of aryl methyl sites for hydroxylation is 1. The minimum absolute atomic E-state index is 0.0915. The van der Waals surface area contributed by atoms with Crippen LogP contribution in [-0.2, 0) is 25.9 Å². The maximum absolute atomic E-state index is 12.8. The van der Waals surface area contributed by atoms with E-state index in [2.05, 4.69) is 15.2 Å². The number of halogens is 3. The minimum Gasteiger partial charge on any atom is -0.391 e. The number of aromatic nitrogens is 4. The van der Waals surface area contributed by atoms with Gasteiger partial charge in [-0.3, -0.25) is 0 Å². The van der Waals surface area contributed by atoms with Gasteiger partial charge in [-0.2, -0.15) is 13.2 Å². The highest BCUT2D eigenvalue weighted by Gasteiger charge is 2.39. The fraction of sp³-hybridized carbons (Fsp3) is 0.545. The molecule has 0 aliphatic carbocycles. The lowest BCUT2D eigenvalue weighted by Gasteiger charge is -2.27. The van der Waals surface area contributed by atoms with Gasteiger partial charge in [0, 0.05) is 13.1 Å². The average Bonchev–Trinajstić information content (AvgIpc) is 3.00. The van der Waals surface area contributed by atoms with E-state index in [9.17, 15) is 18.3 Å². The van der Waals surface area contributed by atoms with E-state index < -0.39 is 12.0 Å². The summed E-state index contributed by atoms with van der Waals surface area (Å²) in [7, 11) is 0. The lowest BCUT2D eigenvalue weighted by molar-refractivity contribution is -0.147. The van der Waals surface area contributed by atoms with Crippen molar-refractivity contribution in [2.75, 3.05) is 11.4 Å². The van der Waals surface area contributed by atoms with Crippen molar-refractivity contribution in [2.45, 2.75) is 32.8 Å². The zero-order valence-corrected chi connectivity index (χ0v) is 11.9. The van der Waals surface area contributed by atoms with Gasteiger partial charge in [0.15, 0.2) is 11.0 Å². The number of aliphatic hydroxyl groups is 1. The van der Waals surface area contributed by atoms with Crippen LogP contribution in [0, 0.1) is 6.92 Å². The van der Waals surface area contributed by atoms with E-state index in [-0.39, 0.29) is 25.5 Å². The van der Waals surface area contributed by atoms with E-state index in [1.54, 1.807) is 6.92 Å². The Bertz CT molecular complexity index is 665. The molecular weight excluding hydrogens is 307 g/mol. The Morgan fingerprint density at radius 3 is 2.67 bits per heavy atom. The van der Waals surface area contributed by atoms with Crippen LogP contribution in [-0.4, -0.2) is 31.4 Å². The first-order valence-electron chi connectivity index (χ1n) is 6.21. The van der Waals surface area contributed by atoms with E-state index in [4.69, 9.17) is 0 Å². The molecule has 0 atom stereocenters. The SMILES string of the molecule is Cc1nc(N2CCn3c(nnc3C(F)(F)F)C2)sc1CO. The lowest BCUT2D eigenvalue weighted by Crippen LogP contribution is -2.35. The summed E-state index contributed by atoms with van der Waals surface area (Å²) < 4.78 is 39.4. The number of fused-ring (bicyclic) bond motifs is 1. The van der Waals surface area contributed by atoms with Crippen molar-refractivity contribution < 1.29 is 18.3 Å². The van der Waals surface area contributed by atoms with Gasteiger partial charge in [0.2, 0.25) is 5.82 Å². The number of nitrogens with zero attached hydrogens (tertiary/aromatic N) is 5. The molecule has 6 nitrogen and oxygen atoms in total. The molecule has 1 N–H and O–H groups in total. The van der Waals surface area contributed by atoms with Gasteiger partial charge in [0.25, 0.3) is 0 Å². The largest absolute Gasteiger partial charge is 0.451 e. The standard InChI is InChI=1S/C11H12F3N5OS/c1-6-7(5-20)21-10(15-6)18-2-3-19-8(4-18)16-17-9(19)11(12,13)14/h20H,2-5H2,1H3. The van der Waals surface area contributed by atoms with Crippen LogP contribution in [0.3, 0.4) is 0 Å². The molecule has 2 aromatic rings. The van der Waals surface area contributed by atoms with Gasteiger partial charge in [-0.1, -0.05) is 11.3 Å². The van der Waals surface area contributed by atoms with Gasteiger partial charge in [0.05, 0.1) is 23.7 Å². The monoisotopic (exact) mass is 319 g/mol. The Labute approximate surface area is 121 Å². The molecule has 0 bridgehead atoms. The van der Waals surface area contributed by atoms with Crippen molar-refractivity contribution in [1.82, 2.24) is 19.7 Å². The quantitative estimate of drug-likeness (QED) is 0.910. The molecule has 0 unspecified atom stereocenters. The molecule has 1 aliphatic heterocycles. The molecule has 3 rings (SSSR count). The van der Waals surface area contributed by atoms with Crippen LogP contribution in [0.2, 0.25) is 0 Å². The Balaban J connectivity index is 1.86. The number of hydrogen-bond donors (Lipinski definition) is 1. The van der Waals surface area contributed by atoms with Gasteiger partial charge in [-0.05, 0) is 6.92 Å². The predicted molar refractivity (Wildman–Crippen MR) is 68.8 cm³/mol. The van der Waals surface area contributed by atoms with Crippen LogP contribution in [0.15, 0.2) is 0 Å². The van der Waals surface area contributed by atoms with Crippen molar-refractivity contribution in [2.24, 2.45) is 0 Å². The van der Waals surface area contributed by atoms with Crippen molar-refractivity contribution in [1.29, 1.82) is 0 Å². The Hall–Kier alpha value is -1.68. The smallest absolute Gasteiger partial charge is 0.391 e. The van der Waals surface area contributed by atoms with Crippen LogP contribution >= 0.6 is 11.3 Å². The zero-order valence-electron chi connectivity index (χ0n) is 11.1. The topological polar surface area (TPSA) is 67.1 Å². The van der Waals surface area contributed by atoms with Crippen LogP contribution < -0.4 is 4.90 Å². The summed E-state index contributed by atoms with van der Waals surface area (Å²) in [6.45, 7) is 2.47. The highest BCUT2D eigenvalue weighted by molar-refractivity contribution is 7.15. The molecule has 0 amide bonds. The second kappa shape index (κ2) is 4.95. The average molecular weight is 319 g/mol. The molecule has 114 valence electrons. The van der Waals surface area contributed by atoms with E-state index in [1.165, 1.54) is 11.3 Å². The number of hydrogen-bond acceptors (Lipinski definition) is 6. The zero-order chi connectivity index (χ0) is 15.2.